The first-order valence-electron chi connectivity index (χ1n) is 14.0. The molecule has 1 aromatic heterocycles. The molecule has 1 aliphatic rings. The third-order valence-corrected chi connectivity index (χ3v) is 7.58. The van der Waals surface area contributed by atoms with Gasteiger partial charge in [-0.15, -0.1) is 0 Å². The lowest BCUT2D eigenvalue weighted by Gasteiger charge is -2.43. The Hall–Kier alpha value is -3.43. The smallest absolute Gasteiger partial charge is 0.272 e. The van der Waals surface area contributed by atoms with Crippen LogP contribution in [0.2, 0.25) is 0 Å². The first-order valence-corrected chi connectivity index (χ1v) is 14.0. The summed E-state index contributed by atoms with van der Waals surface area (Å²) in [5, 5.41) is 14.7. The number of amides is 2. The van der Waals surface area contributed by atoms with Crippen molar-refractivity contribution in [1.82, 2.24) is 25.1 Å². The SMILES string of the molecule is CN1CCN(C(=O)[C@@](Cc2ccccc2)(NC(=O)c2cnc3ccccc3n2)[C@@H](O)CCCCC(C)(C)F)CC1. The van der Waals surface area contributed by atoms with Gasteiger partial charge in [0, 0.05) is 32.6 Å². The molecule has 4 rings (SSSR count). The zero-order valence-electron chi connectivity index (χ0n) is 23.6. The molecule has 1 saturated heterocycles. The predicted molar refractivity (Wildman–Crippen MR) is 154 cm³/mol. The minimum absolute atomic E-state index is 0.0636. The van der Waals surface area contributed by atoms with Crippen LogP contribution >= 0.6 is 0 Å². The number of alkyl halides is 1. The van der Waals surface area contributed by atoms with Gasteiger partial charge in [0.05, 0.1) is 23.3 Å². The lowest BCUT2D eigenvalue weighted by atomic mass is 9.80. The van der Waals surface area contributed by atoms with Crippen LogP contribution < -0.4 is 5.32 Å². The van der Waals surface area contributed by atoms with Gasteiger partial charge in [0.1, 0.15) is 16.9 Å². The molecule has 214 valence electrons. The monoisotopic (exact) mass is 549 g/mol. The summed E-state index contributed by atoms with van der Waals surface area (Å²) in [7, 11) is 2.00. The highest BCUT2D eigenvalue weighted by atomic mass is 19.1. The molecule has 2 amide bonds. The van der Waals surface area contributed by atoms with Gasteiger partial charge in [-0.3, -0.25) is 14.6 Å². The average molecular weight is 550 g/mol. The molecule has 0 aliphatic carbocycles. The predicted octanol–water partition coefficient (Wildman–Crippen LogP) is 3.78. The second-order valence-electron chi connectivity index (χ2n) is 11.4. The number of halogens is 1. The van der Waals surface area contributed by atoms with Crippen LogP contribution in [0, 0.1) is 0 Å². The Morgan fingerprint density at radius 1 is 1.00 bits per heavy atom. The van der Waals surface area contributed by atoms with Gasteiger partial charge in [-0.25, -0.2) is 9.37 Å². The number of fused-ring (bicyclic) bond motifs is 1. The van der Waals surface area contributed by atoms with Crippen molar-refractivity contribution in [3.8, 4) is 0 Å². The summed E-state index contributed by atoms with van der Waals surface area (Å²) in [5.74, 6) is -0.912. The van der Waals surface area contributed by atoms with E-state index < -0.39 is 23.2 Å². The zero-order valence-corrected chi connectivity index (χ0v) is 23.6. The van der Waals surface area contributed by atoms with Crippen LogP contribution in [-0.2, 0) is 11.2 Å². The molecular formula is C31H40FN5O3. The number of carbonyl (C=O) groups is 2. The molecule has 0 spiro atoms. The van der Waals surface area contributed by atoms with Crippen molar-refractivity contribution in [2.24, 2.45) is 0 Å². The lowest BCUT2D eigenvalue weighted by molar-refractivity contribution is -0.145. The van der Waals surface area contributed by atoms with Gasteiger partial charge in [0.25, 0.3) is 11.8 Å². The number of nitrogens with zero attached hydrogens (tertiary/aromatic N) is 4. The molecule has 0 radical (unpaired) electrons. The summed E-state index contributed by atoms with van der Waals surface area (Å²) in [6.45, 7) is 5.42. The Kier molecular flexibility index (Phi) is 9.48. The molecule has 1 aliphatic heterocycles. The van der Waals surface area contributed by atoms with E-state index in [1.165, 1.54) is 20.0 Å². The van der Waals surface area contributed by atoms with Gasteiger partial charge in [0.15, 0.2) is 0 Å². The zero-order chi connectivity index (χ0) is 28.8. The van der Waals surface area contributed by atoms with Crippen molar-refractivity contribution in [1.29, 1.82) is 0 Å². The minimum Gasteiger partial charge on any atom is -0.390 e. The van der Waals surface area contributed by atoms with Crippen molar-refractivity contribution in [3.05, 3.63) is 72.1 Å². The first kappa shape index (κ1) is 29.6. The number of hydrogen-bond donors (Lipinski definition) is 2. The second kappa shape index (κ2) is 12.8. The van der Waals surface area contributed by atoms with E-state index in [2.05, 4.69) is 20.2 Å². The van der Waals surface area contributed by atoms with Gasteiger partial charge in [0.2, 0.25) is 0 Å². The van der Waals surface area contributed by atoms with E-state index >= 15 is 0 Å². The molecule has 1 fully saturated rings. The van der Waals surface area contributed by atoms with E-state index in [-0.39, 0.29) is 24.4 Å². The number of aromatic nitrogens is 2. The fourth-order valence-corrected chi connectivity index (χ4v) is 5.19. The minimum atomic E-state index is -1.65. The fraction of sp³-hybridized carbons (Fsp3) is 0.484. The van der Waals surface area contributed by atoms with Gasteiger partial charge in [-0.1, -0.05) is 55.3 Å². The number of hydrogen-bond acceptors (Lipinski definition) is 6. The van der Waals surface area contributed by atoms with Crippen molar-refractivity contribution >= 4 is 22.8 Å². The van der Waals surface area contributed by atoms with Crippen LogP contribution in [0.5, 0.6) is 0 Å². The van der Waals surface area contributed by atoms with Crippen LogP contribution in [0.4, 0.5) is 4.39 Å². The highest BCUT2D eigenvalue weighted by Gasteiger charge is 2.49. The molecule has 2 atom stereocenters. The number of nitrogens with one attached hydrogen (secondary N) is 1. The number of para-hydroxylation sites is 2. The maximum atomic E-state index is 14.4. The fourth-order valence-electron chi connectivity index (χ4n) is 5.19. The van der Waals surface area contributed by atoms with Gasteiger partial charge in [-0.05, 0) is 51.4 Å². The van der Waals surface area contributed by atoms with Crippen LogP contribution in [0.25, 0.3) is 11.0 Å². The molecular weight excluding hydrogens is 509 g/mol. The average Bonchev–Trinajstić information content (AvgIpc) is 2.94. The van der Waals surface area contributed by atoms with Crippen molar-refractivity contribution in [2.45, 2.75) is 63.3 Å². The van der Waals surface area contributed by atoms with Crippen molar-refractivity contribution in [3.63, 3.8) is 0 Å². The van der Waals surface area contributed by atoms with Crippen LogP contribution in [-0.4, -0.2) is 87.2 Å². The van der Waals surface area contributed by atoms with Crippen LogP contribution in [0.1, 0.15) is 55.6 Å². The molecule has 40 heavy (non-hydrogen) atoms. The molecule has 9 heteroatoms. The first-order chi connectivity index (χ1) is 19.1. The van der Waals surface area contributed by atoms with E-state index in [4.69, 9.17) is 0 Å². The Balaban J connectivity index is 1.70. The molecule has 0 unspecified atom stereocenters. The lowest BCUT2D eigenvalue weighted by Crippen LogP contribution is -2.68. The highest BCUT2D eigenvalue weighted by Crippen LogP contribution is 2.27. The van der Waals surface area contributed by atoms with Gasteiger partial charge >= 0.3 is 0 Å². The molecule has 2 N–H and O–H groups in total. The maximum absolute atomic E-state index is 14.4. The Labute approximate surface area is 235 Å². The topological polar surface area (TPSA) is 98.7 Å². The Morgan fingerprint density at radius 2 is 1.65 bits per heavy atom. The van der Waals surface area contributed by atoms with Crippen LogP contribution in [0.3, 0.4) is 0 Å². The largest absolute Gasteiger partial charge is 0.390 e. The normalized spacial score (nSPS) is 16.9. The number of aliphatic hydroxyl groups is 1. The molecule has 3 aromatic rings. The van der Waals surface area contributed by atoms with Crippen LogP contribution in [0.15, 0.2) is 60.8 Å². The van der Waals surface area contributed by atoms with Crippen molar-refractivity contribution < 1.29 is 19.1 Å². The number of unbranched alkanes of at least 4 members (excludes halogenated alkanes) is 1. The van der Waals surface area contributed by atoms with E-state index in [1.54, 1.807) is 11.0 Å². The summed E-state index contributed by atoms with van der Waals surface area (Å²) in [4.78, 5) is 40.8. The van der Waals surface area contributed by atoms with Gasteiger partial charge in [-0.2, -0.15) is 0 Å². The number of benzene rings is 2. The third-order valence-electron chi connectivity index (χ3n) is 7.58. The van der Waals surface area contributed by atoms with Gasteiger partial charge < -0.3 is 20.2 Å². The summed E-state index contributed by atoms with van der Waals surface area (Å²) < 4.78 is 14.1. The molecule has 2 aromatic carbocycles. The summed E-state index contributed by atoms with van der Waals surface area (Å²) >= 11 is 0. The number of piperazine rings is 1. The summed E-state index contributed by atoms with van der Waals surface area (Å²) in [6.07, 6.45) is 1.91. The van der Waals surface area contributed by atoms with Crippen molar-refractivity contribution in [2.75, 3.05) is 33.2 Å². The Bertz CT molecular complexity index is 1290. The number of likely N-dealkylation sites (N-methyl/N-ethyl adjacent to an activating group) is 1. The summed E-state index contributed by atoms with van der Waals surface area (Å²) in [5.41, 5.74) is -0.882. The number of aliphatic hydroxyl groups excluding tert-OH is 1. The van der Waals surface area contributed by atoms with E-state index in [0.29, 0.717) is 56.5 Å². The quantitative estimate of drug-likeness (QED) is 0.353. The maximum Gasteiger partial charge on any atom is 0.272 e. The molecule has 8 nitrogen and oxygen atoms in total. The van der Waals surface area contributed by atoms with E-state index in [1.807, 2.05) is 55.6 Å². The van der Waals surface area contributed by atoms with E-state index in [0.717, 1.165) is 5.56 Å². The number of rotatable bonds is 11. The highest BCUT2D eigenvalue weighted by molar-refractivity contribution is 5.99. The Morgan fingerprint density at radius 3 is 2.33 bits per heavy atom. The molecule has 0 bridgehead atoms. The molecule has 2 heterocycles. The second-order valence-corrected chi connectivity index (χ2v) is 11.4. The third kappa shape index (κ3) is 7.40. The standard InChI is InChI=1S/C31H40FN5O3/c1-30(2,32)16-10-9-15-27(38)31(21-23-11-5-4-6-12-23,29(40)37-19-17-36(3)18-20-37)35-28(39)26-22-33-24-13-7-8-14-25(24)34-26/h4-8,11-14,22,27,38H,9-10,15-21H2,1-3H3,(H,35,39)/t27-,31-/m0/s1. The van der Waals surface area contributed by atoms with E-state index in [9.17, 15) is 19.1 Å². The summed E-state index contributed by atoms with van der Waals surface area (Å²) in [6, 6.07) is 16.6. The molecule has 0 saturated carbocycles. The number of carbonyl (C=O) groups excluding carboxylic acids is 2.